The van der Waals surface area contributed by atoms with Gasteiger partial charge in [-0.05, 0) is 25.3 Å². The molecule has 1 saturated heterocycles. The first kappa shape index (κ1) is 15.8. The highest BCUT2D eigenvalue weighted by Gasteiger charge is 2.22. The van der Waals surface area contributed by atoms with E-state index in [2.05, 4.69) is 36.2 Å². The fourth-order valence-electron chi connectivity index (χ4n) is 2.69. The van der Waals surface area contributed by atoms with Crippen molar-refractivity contribution in [2.45, 2.75) is 32.7 Å². The molecule has 21 heavy (non-hydrogen) atoms. The molecule has 1 aromatic carbocycles. The molecule has 1 fully saturated rings. The lowest BCUT2D eigenvalue weighted by molar-refractivity contribution is 0.112. The Labute approximate surface area is 128 Å². The van der Waals surface area contributed by atoms with Crippen molar-refractivity contribution in [3.8, 4) is 0 Å². The zero-order valence-electron chi connectivity index (χ0n) is 13.2. The van der Waals surface area contributed by atoms with E-state index in [-0.39, 0.29) is 6.03 Å². The number of hydrogen-bond acceptors (Lipinski definition) is 2. The zero-order chi connectivity index (χ0) is 15.1. The lowest BCUT2D eigenvalue weighted by Gasteiger charge is -2.37. The van der Waals surface area contributed by atoms with Crippen LogP contribution in [0.3, 0.4) is 0 Å². The second-order valence-electron chi connectivity index (χ2n) is 5.75. The Morgan fingerprint density at radius 3 is 2.48 bits per heavy atom. The summed E-state index contributed by atoms with van der Waals surface area (Å²) in [7, 11) is 0. The molecule has 1 aromatic rings. The molecule has 0 saturated carbocycles. The summed E-state index contributed by atoms with van der Waals surface area (Å²) in [6, 6.07) is 11.0. The van der Waals surface area contributed by atoms with Crippen molar-refractivity contribution < 1.29 is 4.79 Å². The molecule has 1 atom stereocenters. The molecule has 4 heteroatoms. The standard InChI is InChI=1S/C17H27N3O/c1-3-15(2)19-11-13-20(14-12-19)17(21)18-10-9-16-7-5-4-6-8-16/h4-8,15H,3,9-14H2,1-2H3,(H,18,21). The normalized spacial score (nSPS) is 17.5. The maximum absolute atomic E-state index is 12.1. The highest BCUT2D eigenvalue weighted by molar-refractivity contribution is 5.74. The molecule has 4 nitrogen and oxygen atoms in total. The Bertz CT molecular complexity index is 427. The predicted octanol–water partition coefficient (Wildman–Crippen LogP) is 2.35. The SMILES string of the molecule is CCC(C)N1CCN(C(=O)NCCc2ccccc2)CC1. The highest BCUT2D eigenvalue weighted by Crippen LogP contribution is 2.08. The molecule has 2 amide bonds. The van der Waals surface area contributed by atoms with E-state index in [0.717, 1.165) is 32.6 Å². The summed E-state index contributed by atoms with van der Waals surface area (Å²) in [6.45, 7) is 8.82. The molecule has 0 spiro atoms. The van der Waals surface area contributed by atoms with Gasteiger partial charge in [-0.1, -0.05) is 37.3 Å². The van der Waals surface area contributed by atoms with Gasteiger partial charge in [-0.25, -0.2) is 4.79 Å². The fraction of sp³-hybridized carbons (Fsp3) is 0.588. The maximum atomic E-state index is 12.1. The largest absolute Gasteiger partial charge is 0.338 e. The van der Waals surface area contributed by atoms with E-state index in [4.69, 9.17) is 0 Å². The molecule has 2 rings (SSSR count). The summed E-state index contributed by atoms with van der Waals surface area (Å²) in [5.41, 5.74) is 1.26. The smallest absolute Gasteiger partial charge is 0.317 e. The zero-order valence-corrected chi connectivity index (χ0v) is 13.2. The number of carbonyl (C=O) groups is 1. The average Bonchev–Trinajstić information content (AvgIpc) is 2.55. The number of piperazine rings is 1. The van der Waals surface area contributed by atoms with E-state index in [1.54, 1.807) is 0 Å². The van der Waals surface area contributed by atoms with Crippen LogP contribution in [0.2, 0.25) is 0 Å². The van der Waals surface area contributed by atoms with Gasteiger partial charge in [0.15, 0.2) is 0 Å². The summed E-state index contributed by atoms with van der Waals surface area (Å²) >= 11 is 0. The number of amides is 2. The number of hydrogen-bond donors (Lipinski definition) is 1. The van der Waals surface area contributed by atoms with Crippen LogP contribution in [0.4, 0.5) is 4.79 Å². The first-order valence-corrected chi connectivity index (χ1v) is 8.01. The van der Waals surface area contributed by atoms with E-state index in [1.165, 1.54) is 12.0 Å². The molecule has 0 bridgehead atoms. The molecule has 1 N–H and O–H groups in total. The number of urea groups is 1. The van der Waals surface area contributed by atoms with Crippen LogP contribution >= 0.6 is 0 Å². The van der Waals surface area contributed by atoms with Gasteiger partial charge in [0.1, 0.15) is 0 Å². The van der Waals surface area contributed by atoms with Crippen LogP contribution in [0.5, 0.6) is 0 Å². The van der Waals surface area contributed by atoms with Crippen LogP contribution < -0.4 is 5.32 Å². The highest BCUT2D eigenvalue weighted by atomic mass is 16.2. The molecule has 0 radical (unpaired) electrons. The summed E-state index contributed by atoms with van der Waals surface area (Å²) < 4.78 is 0. The first-order chi connectivity index (χ1) is 10.2. The molecule has 1 aliphatic heterocycles. The minimum atomic E-state index is 0.0785. The van der Waals surface area contributed by atoms with Crippen molar-refractivity contribution in [2.75, 3.05) is 32.7 Å². The molecule has 1 heterocycles. The van der Waals surface area contributed by atoms with Gasteiger partial charge in [0.25, 0.3) is 0 Å². The van der Waals surface area contributed by atoms with Gasteiger partial charge in [-0.15, -0.1) is 0 Å². The van der Waals surface area contributed by atoms with Crippen molar-refractivity contribution in [1.29, 1.82) is 0 Å². The monoisotopic (exact) mass is 289 g/mol. The molecular formula is C17H27N3O. The fourth-order valence-corrected chi connectivity index (χ4v) is 2.69. The van der Waals surface area contributed by atoms with Crippen LogP contribution in [-0.2, 0) is 6.42 Å². The molecular weight excluding hydrogens is 262 g/mol. The lowest BCUT2D eigenvalue weighted by Crippen LogP contribution is -2.53. The lowest BCUT2D eigenvalue weighted by atomic mass is 10.1. The molecule has 1 aliphatic rings. The van der Waals surface area contributed by atoms with Crippen LogP contribution in [0.25, 0.3) is 0 Å². The van der Waals surface area contributed by atoms with Crippen LogP contribution in [0.1, 0.15) is 25.8 Å². The van der Waals surface area contributed by atoms with Crippen molar-refractivity contribution in [2.24, 2.45) is 0 Å². The van der Waals surface area contributed by atoms with E-state index in [9.17, 15) is 4.79 Å². The Hall–Kier alpha value is -1.55. The molecule has 116 valence electrons. The Morgan fingerprint density at radius 1 is 1.19 bits per heavy atom. The minimum absolute atomic E-state index is 0.0785. The van der Waals surface area contributed by atoms with E-state index < -0.39 is 0 Å². The number of nitrogens with one attached hydrogen (secondary N) is 1. The van der Waals surface area contributed by atoms with Crippen molar-refractivity contribution in [3.05, 3.63) is 35.9 Å². The third-order valence-corrected chi connectivity index (χ3v) is 4.35. The van der Waals surface area contributed by atoms with Gasteiger partial charge in [0.2, 0.25) is 0 Å². The van der Waals surface area contributed by atoms with Gasteiger partial charge < -0.3 is 10.2 Å². The minimum Gasteiger partial charge on any atom is -0.338 e. The van der Waals surface area contributed by atoms with Crippen LogP contribution in [0, 0.1) is 0 Å². The van der Waals surface area contributed by atoms with E-state index >= 15 is 0 Å². The summed E-state index contributed by atoms with van der Waals surface area (Å²) in [5, 5.41) is 3.03. The van der Waals surface area contributed by atoms with Crippen molar-refractivity contribution in [3.63, 3.8) is 0 Å². The van der Waals surface area contributed by atoms with Gasteiger partial charge >= 0.3 is 6.03 Å². The molecule has 0 aliphatic carbocycles. The van der Waals surface area contributed by atoms with Crippen LogP contribution in [-0.4, -0.2) is 54.6 Å². The number of carbonyl (C=O) groups excluding carboxylic acids is 1. The average molecular weight is 289 g/mol. The summed E-state index contributed by atoms with van der Waals surface area (Å²) in [4.78, 5) is 16.5. The predicted molar refractivity (Wildman–Crippen MR) is 86.4 cm³/mol. The van der Waals surface area contributed by atoms with Gasteiger partial charge in [-0.3, -0.25) is 4.90 Å². The number of rotatable bonds is 5. The quantitative estimate of drug-likeness (QED) is 0.903. The summed E-state index contributed by atoms with van der Waals surface area (Å²) in [6.07, 6.45) is 2.06. The van der Waals surface area contributed by atoms with Crippen molar-refractivity contribution in [1.82, 2.24) is 15.1 Å². The van der Waals surface area contributed by atoms with Crippen molar-refractivity contribution >= 4 is 6.03 Å². The second-order valence-corrected chi connectivity index (χ2v) is 5.75. The third-order valence-electron chi connectivity index (χ3n) is 4.35. The second kappa shape index (κ2) is 8.03. The van der Waals surface area contributed by atoms with Gasteiger partial charge in [-0.2, -0.15) is 0 Å². The topological polar surface area (TPSA) is 35.6 Å². The Balaban J connectivity index is 1.68. The first-order valence-electron chi connectivity index (χ1n) is 8.01. The Kier molecular flexibility index (Phi) is 6.05. The molecule has 1 unspecified atom stereocenters. The number of benzene rings is 1. The third kappa shape index (κ3) is 4.74. The van der Waals surface area contributed by atoms with Crippen LogP contribution in [0.15, 0.2) is 30.3 Å². The van der Waals surface area contributed by atoms with E-state index in [0.29, 0.717) is 12.6 Å². The van der Waals surface area contributed by atoms with Gasteiger partial charge in [0.05, 0.1) is 0 Å². The maximum Gasteiger partial charge on any atom is 0.317 e. The van der Waals surface area contributed by atoms with Gasteiger partial charge in [0, 0.05) is 38.8 Å². The summed E-state index contributed by atoms with van der Waals surface area (Å²) in [5.74, 6) is 0. The van der Waals surface area contributed by atoms with E-state index in [1.807, 2.05) is 23.1 Å². The molecule has 0 aromatic heterocycles. The number of nitrogens with zero attached hydrogens (tertiary/aromatic N) is 2. The Morgan fingerprint density at radius 2 is 1.86 bits per heavy atom.